The Morgan fingerprint density at radius 1 is 1.16 bits per heavy atom. The first kappa shape index (κ1) is 13.0. The molecule has 2 rings (SSSR count). The Bertz CT molecular complexity index is 562. The molecule has 2 aromatic rings. The van der Waals surface area contributed by atoms with Gasteiger partial charge in [-0.2, -0.15) is 0 Å². The first-order valence-corrected chi connectivity index (χ1v) is 6.00. The predicted molar refractivity (Wildman–Crippen MR) is 77.7 cm³/mol. The van der Waals surface area contributed by atoms with Gasteiger partial charge in [-0.15, -0.1) is 0 Å². The van der Waals surface area contributed by atoms with Crippen molar-refractivity contribution in [3.8, 4) is 0 Å². The number of rotatable bonds is 4. The molecule has 0 bridgehead atoms. The van der Waals surface area contributed by atoms with Crippen LogP contribution in [-0.2, 0) is 0 Å². The van der Waals surface area contributed by atoms with Gasteiger partial charge in [0, 0.05) is 12.7 Å². The standard InChI is InChI=1S/C14H17N5/c1-10-4-3-5-11(8-10)18-12-6-7-13(17-9-12)14(15)19-16-2/h3-9,16,18H,1-2H3,(H2,15,19). The van der Waals surface area contributed by atoms with E-state index in [1.807, 2.05) is 18.2 Å². The lowest BCUT2D eigenvalue weighted by Gasteiger charge is -2.08. The second kappa shape index (κ2) is 5.97. The summed E-state index contributed by atoms with van der Waals surface area (Å²) >= 11 is 0. The van der Waals surface area contributed by atoms with Crippen LogP contribution in [0.15, 0.2) is 42.6 Å². The molecule has 1 aromatic heterocycles. The summed E-state index contributed by atoms with van der Waals surface area (Å²) in [6.45, 7) is 2.05. The fourth-order valence-electron chi connectivity index (χ4n) is 1.69. The summed E-state index contributed by atoms with van der Waals surface area (Å²) in [5, 5.41) is 11.0. The van der Waals surface area contributed by atoms with E-state index in [4.69, 9.17) is 5.41 Å². The minimum absolute atomic E-state index is 0.240. The summed E-state index contributed by atoms with van der Waals surface area (Å²) in [7, 11) is 1.71. The van der Waals surface area contributed by atoms with Crippen molar-refractivity contribution in [1.29, 1.82) is 5.41 Å². The maximum Gasteiger partial charge on any atom is 0.158 e. The van der Waals surface area contributed by atoms with E-state index in [-0.39, 0.29) is 5.84 Å². The predicted octanol–water partition coefficient (Wildman–Crippen LogP) is 2.18. The van der Waals surface area contributed by atoms with Gasteiger partial charge in [0.1, 0.15) is 5.69 Å². The lowest BCUT2D eigenvalue weighted by molar-refractivity contribution is 0.762. The third kappa shape index (κ3) is 3.53. The minimum atomic E-state index is 0.240. The van der Waals surface area contributed by atoms with Crippen LogP contribution in [-0.4, -0.2) is 17.9 Å². The third-order valence-corrected chi connectivity index (χ3v) is 2.58. The van der Waals surface area contributed by atoms with Crippen LogP contribution >= 0.6 is 0 Å². The van der Waals surface area contributed by atoms with Gasteiger partial charge in [0.05, 0.1) is 11.9 Å². The number of aromatic nitrogens is 1. The first-order valence-electron chi connectivity index (χ1n) is 6.00. The maximum absolute atomic E-state index is 7.69. The number of aryl methyl sites for hydroxylation is 1. The van der Waals surface area contributed by atoms with E-state index in [1.54, 1.807) is 19.3 Å². The smallest absolute Gasteiger partial charge is 0.158 e. The summed E-state index contributed by atoms with van der Waals surface area (Å²) in [5.74, 6) is 0.240. The average molecular weight is 255 g/mol. The highest BCUT2D eigenvalue weighted by Crippen LogP contribution is 2.16. The lowest BCUT2D eigenvalue weighted by atomic mass is 10.2. The number of anilines is 2. The molecule has 0 aliphatic rings. The van der Waals surface area contributed by atoms with Gasteiger partial charge in [-0.05, 0) is 36.8 Å². The number of pyridine rings is 1. The number of nitrogens with zero attached hydrogens (tertiary/aromatic N) is 1. The van der Waals surface area contributed by atoms with E-state index >= 15 is 0 Å². The third-order valence-electron chi connectivity index (χ3n) is 2.58. The molecule has 0 atom stereocenters. The van der Waals surface area contributed by atoms with Crippen molar-refractivity contribution in [3.63, 3.8) is 0 Å². The maximum atomic E-state index is 7.69. The van der Waals surface area contributed by atoms with Gasteiger partial charge in [-0.25, -0.2) is 5.43 Å². The summed E-state index contributed by atoms with van der Waals surface area (Å²) in [4.78, 5) is 4.23. The zero-order valence-electron chi connectivity index (χ0n) is 11.0. The molecule has 0 saturated heterocycles. The van der Waals surface area contributed by atoms with Gasteiger partial charge in [0.15, 0.2) is 5.84 Å². The number of benzene rings is 1. The second-order valence-electron chi connectivity index (χ2n) is 4.18. The molecule has 19 heavy (non-hydrogen) atoms. The van der Waals surface area contributed by atoms with Crippen LogP contribution in [0.1, 0.15) is 11.3 Å². The van der Waals surface area contributed by atoms with Crippen molar-refractivity contribution in [2.45, 2.75) is 6.92 Å². The molecule has 0 radical (unpaired) electrons. The number of nitrogens with one attached hydrogen (secondary N) is 4. The van der Waals surface area contributed by atoms with Crippen LogP contribution in [0.5, 0.6) is 0 Å². The Labute approximate surface area is 112 Å². The van der Waals surface area contributed by atoms with Crippen molar-refractivity contribution < 1.29 is 0 Å². The summed E-state index contributed by atoms with van der Waals surface area (Å²) in [6.07, 6.45) is 1.71. The minimum Gasteiger partial charge on any atom is -0.354 e. The Morgan fingerprint density at radius 3 is 2.63 bits per heavy atom. The normalized spacial score (nSPS) is 10.0. The van der Waals surface area contributed by atoms with Crippen molar-refractivity contribution >= 4 is 17.2 Å². The fourth-order valence-corrected chi connectivity index (χ4v) is 1.69. The zero-order valence-corrected chi connectivity index (χ0v) is 11.0. The SMILES string of the molecule is CNNC(=N)c1ccc(Nc2cccc(C)c2)cn1. The van der Waals surface area contributed by atoms with Crippen LogP contribution in [0, 0.1) is 12.3 Å². The van der Waals surface area contributed by atoms with Gasteiger partial charge in [-0.3, -0.25) is 10.4 Å². The quantitative estimate of drug-likeness (QED) is 0.384. The molecule has 98 valence electrons. The molecule has 1 aromatic carbocycles. The van der Waals surface area contributed by atoms with Gasteiger partial charge in [-0.1, -0.05) is 12.1 Å². The van der Waals surface area contributed by atoms with Crippen LogP contribution in [0.2, 0.25) is 0 Å². The van der Waals surface area contributed by atoms with Crippen LogP contribution < -0.4 is 16.2 Å². The Kier molecular flexibility index (Phi) is 4.10. The van der Waals surface area contributed by atoms with E-state index in [0.717, 1.165) is 11.4 Å². The lowest BCUT2D eigenvalue weighted by Crippen LogP contribution is -2.34. The largest absolute Gasteiger partial charge is 0.354 e. The molecular formula is C14H17N5. The summed E-state index contributed by atoms with van der Waals surface area (Å²) in [5.41, 5.74) is 9.10. The number of hydrazine groups is 1. The Balaban J connectivity index is 2.08. The summed E-state index contributed by atoms with van der Waals surface area (Å²) in [6, 6.07) is 11.8. The molecule has 0 amide bonds. The monoisotopic (exact) mass is 255 g/mol. The van der Waals surface area contributed by atoms with E-state index in [1.165, 1.54) is 5.56 Å². The van der Waals surface area contributed by atoms with E-state index in [0.29, 0.717) is 5.69 Å². The molecule has 0 aliphatic heterocycles. The summed E-state index contributed by atoms with van der Waals surface area (Å²) < 4.78 is 0. The molecule has 0 unspecified atom stereocenters. The number of hydrogen-bond acceptors (Lipinski definition) is 4. The van der Waals surface area contributed by atoms with E-state index in [9.17, 15) is 0 Å². The molecule has 4 N–H and O–H groups in total. The first-order chi connectivity index (χ1) is 9.19. The van der Waals surface area contributed by atoms with Gasteiger partial charge < -0.3 is 10.7 Å². The Morgan fingerprint density at radius 2 is 2.00 bits per heavy atom. The highest BCUT2D eigenvalue weighted by Gasteiger charge is 2.02. The highest BCUT2D eigenvalue weighted by molar-refractivity contribution is 5.94. The molecule has 5 nitrogen and oxygen atoms in total. The topological polar surface area (TPSA) is 72.8 Å². The second-order valence-corrected chi connectivity index (χ2v) is 4.18. The molecule has 0 fully saturated rings. The van der Waals surface area contributed by atoms with Crippen LogP contribution in [0.3, 0.4) is 0 Å². The average Bonchev–Trinajstić information content (AvgIpc) is 2.40. The van der Waals surface area contributed by atoms with Gasteiger partial charge >= 0.3 is 0 Å². The molecule has 5 heteroatoms. The molecule has 0 aliphatic carbocycles. The van der Waals surface area contributed by atoms with E-state index < -0.39 is 0 Å². The van der Waals surface area contributed by atoms with Crippen molar-refractivity contribution in [3.05, 3.63) is 53.9 Å². The van der Waals surface area contributed by atoms with Crippen molar-refractivity contribution in [1.82, 2.24) is 15.8 Å². The fraction of sp³-hybridized carbons (Fsp3) is 0.143. The number of hydrogen-bond donors (Lipinski definition) is 4. The number of amidine groups is 1. The van der Waals surface area contributed by atoms with Crippen LogP contribution in [0.25, 0.3) is 0 Å². The molecule has 1 heterocycles. The Hall–Kier alpha value is -2.40. The zero-order chi connectivity index (χ0) is 13.7. The van der Waals surface area contributed by atoms with Gasteiger partial charge in [0.25, 0.3) is 0 Å². The van der Waals surface area contributed by atoms with E-state index in [2.05, 4.69) is 40.2 Å². The van der Waals surface area contributed by atoms with Crippen molar-refractivity contribution in [2.75, 3.05) is 12.4 Å². The highest BCUT2D eigenvalue weighted by atomic mass is 15.4. The molecular weight excluding hydrogens is 238 g/mol. The van der Waals surface area contributed by atoms with Crippen LogP contribution in [0.4, 0.5) is 11.4 Å². The van der Waals surface area contributed by atoms with Gasteiger partial charge in [0.2, 0.25) is 0 Å². The van der Waals surface area contributed by atoms with Crippen molar-refractivity contribution in [2.24, 2.45) is 0 Å². The molecule has 0 spiro atoms. The molecule has 0 saturated carbocycles.